The zero-order valence-corrected chi connectivity index (χ0v) is 12.8. The summed E-state index contributed by atoms with van der Waals surface area (Å²) in [4.78, 5) is 5.06. The molecule has 3 nitrogen and oxygen atoms in total. The van der Waals surface area contributed by atoms with Crippen LogP contribution in [0.2, 0.25) is 0 Å². The zero-order chi connectivity index (χ0) is 13.9. The lowest BCUT2D eigenvalue weighted by Gasteiger charge is -2.38. The average molecular weight is 273 g/mol. The van der Waals surface area contributed by atoms with Crippen LogP contribution in [0.5, 0.6) is 0 Å². The fourth-order valence-electron chi connectivity index (χ4n) is 3.62. The van der Waals surface area contributed by atoms with Crippen molar-refractivity contribution in [3.8, 4) is 0 Å². The third kappa shape index (κ3) is 3.15. The quantitative estimate of drug-likeness (QED) is 0.911. The summed E-state index contributed by atoms with van der Waals surface area (Å²) in [6.07, 6.45) is 3.93. The van der Waals surface area contributed by atoms with Gasteiger partial charge in [0.2, 0.25) is 0 Å². The predicted molar refractivity (Wildman–Crippen MR) is 85.3 cm³/mol. The zero-order valence-electron chi connectivity index (χ0n) is 12.8. The number of fused-ring (bicyclic) bond motifs is 1. The highest BCUT2D eigenvalue weighted by Gasteiger charge is 2.25. The molecule has 2 atom stereocenters. The van der Waals surface area contributed by atoms with E-state index in [1.807, 2.05) is 0 Å². The molecule has 2 aliphatic heterocycles. The Balaban J connectivity index is 1.57. The second-order valence-electron chi connectivity index (χ2n) is 6.63. The van der Waals surface area contributed by atoms with E-state index in [2.05, 4.69) is 53.5 Å². The summed E-state index contributed by atoms with van der Waals surface area (Å²) >= 11 is 0. The lowest BCUT2D eigenvalue weighted by molar-refractivity contribution is 0.119. The summed E-state index contributed by atoms with van der Waals surface area (Å²) in [5.41, 5.74) is 2.83. The van der Waals surface area contributed by atoms with E-state index < -0.39 is 0 Å². The molecular weight excluding hydrogens is 246 g/mol. The maximum absolute atomic E-state index is 3.60. The van der Waals surface area contributed by atoms with E-state index in [-0.39, 0.29) is 0 Å². The van der Waals surface area contributed by atoms with E-state index in [0.29, 0.717) is 0 Å². The molecule has 0 spiro atoms. The van der Waals surface area contributed by atoms with Gasteiger partial charge in [0, 0.05) is 31.4 Å². The van der Waals surface area contributed by atoms with Gasteiger partial charge in [-0.1, -0.05) is 18.2 Å². The third-order valence-corrected chi connectivity index (χ3v) is 4.83. The molecule has 3 heteroatoms. The summed E-state index contributed by atoms with van der Waals surface area (Å²) in [6, 6.07) is 9.50. The van der Waals surface area contributed by atoms with E-state index >= 15 is 0 Å². The number of likely N-dealkylation sites (tertiary alicyclic amines) is 1. The van der Waals surface area contributed by atoms with Crippen LogP contribution in [0.15, 0.2) is 24.3 Å². The number of anilines is 1. The lowest BCUT2D eigenvalue weighted by Crippen LogP contribution is -2.47. The van der Waals surface area contributed by atoms with Gasteiger partial charge in [-0.3, -0.25) is 0 Å². The number of likely N-dealkylation sites (N-methyl/N-ethyl adjacent to an activating group) is 1. The highest BCUT2D eigenvalue weighted by molar-refractivity contribution is 5.53. The van der Waals surface area contributed by atoms with Crippen LogP contribution in [-0.4, -0.2) is 56.1 Å². The largest absolute Gasteiger partial charge is 0.384 e. The van der Waals surface area contributed by atoms with Gasteiger partial charge >= 0.3 is 0 Å². The van der Waals surface area contributed by atoms with Crippen LogP contribution in [0.25, 0.3) is 0 Å². The highest BCUT2D eigenvalue weighted by Crippen LogP contribution is 2.25. The van der Waals surface area contributed by atoms with Crippen molar-refractivity contribution in [3.05, 3.63) is 29.8 Å². The first kappa shape index (κ1) is 13.9. The minimum atomic E-state index is 0.743. The van der Waals surface area contributed by atoms with Gasteiger partial charge in [-0.2, -0.15) is 0 Å². The molecular formula is C17H27N3. The van der Waals surface area contributed by atoms with Gasteiger partial charge < -0.3 is 15.1 Å². The molecule has 0 radical (unpaired) electrons. The SMILES string of the molecule is CN(C)C1CCCN(CC2CNc3ccccc3C2)C1. The van der Waals surface area contributed by atoms with Gasteiger partial charge in [0.25, 0.3) is 0 Å². The fraction of sp³-hybridized carbons (Fsp3) is 0.647. The Kier molecular flexibility index (Phi) is 4.27. The Morgan fingerprint density at radius 2 is 2.15 bits per heavy atom. The number of hydrogen-bond acceptors (Lipinski definition) is 3. The molecule has 2 heterocycles. The van der Waals surface area contributed by atoms with Gasteiger partial charge in [-0.15, -0.1) is 0 Å². The van der Waals surface area contributed by atoms with Crippen molar-refractivity contribution in [3.63, 3.8) is 0 Å². The maximum atomic E-state index is 3.60. The first-order valence-electron chi connectivity index (χ1n) is 7.93. The number of nitrogens with one attached hydrogen (secondary N) is 1. The van der Waals surface area contributed by atoms with E-state index in [4.69, 9.17) is 0 Å². The van der Waals surface area contributed by atoms with Crippen molar-refractivity contribution in [1.82, 2.24) is 9.80 Å². The molecule has 1 aromatic rings. The van der Waals surface area contributed by atoms with Crippen LogP contribution < -0.4 is 5.32 Å². The Labute approximate surface area is 123 Å². The van der Waals surface area contributed by atoms with Crippen molar-refractivity contribution in [2.75, 3.05) is 45.6 Å². The fourth-order valence-corrected chi connectivity index (χ4v) is 3.62. The van der Waals surface area contributed by atoms with E-state index in [1.165, 1.54) is 50.1 Å². The molecule has 0 aliphatic carbocycles. The molecule has 110 valence electrons. The Morgan fingerprint density at radius 3 is 3.00 bits per heavy atom. The number of para-hydroxylation sites is 1. The number of benzene rings is 1. The van der Waals surface area contributed by atoms with Gasteiger partial charge in [-0.05, 0) is 57.5 Å². The Bertz CT molecular complexity index is 444. The summed E-state index contributed by atoms with van der Waals surface area (Å²) < 4.78 is 0. The molecule has 20 heavy (non-hydrogen) atoms. The van der Waals surface area contributed by atoms with E-state index in [9.17, 15) is 0 Å². The third-order valence-electron chi connectivity index (χ3n) is 4.83. The maximum Gasteiger partial charge on any atom is 0.0372 e. The van der Waals surface area contributed by atoms with Crippen molar-refractivity contribution in [2.45, 2.75) is 25.3 Å². The standard InChI is InChI=1S/C17H27N3/c1-19(2)16-7-5-9-20(13-16)12-14-10-15-6-3-4-8-17(15)18-11-14/h3-4,6,8,14,16,18H,5,7,9-13H2,1-2H3. The molecule has 1 aromatic carbocycles. The molecule has 2 unspecified atom stereocenters. The monoisotopic (exact) mass is 273 g/mol. The highest BCUT2D eigenvalue weighted by atomic mass is 15.2. The van der Waals surface area contributed by atoms with Crippen LogP contribution in [0.1, 0.15) is 18.4 Å². The molecule has 0 bridgehead atoms. The molecule has 3 rings (SSSR count). The number of piperidine rings is 1. The summed E-state index contributed by atoms with van der Waals surface area (Å²) in [7, 11) is 4.43. The number of rotatable bonds is 3. The summed E-state index contributed by atoms with van der Waals surface area (Å²) in [6.45, 7) is 4.89. The second kappa shape index (κ2) is 6.15. The molecule has 1 saturated heterocycles. The van der Waals surface area contributed by atoms with Crippen molar-refractivity contribution >= 4 is 5.69 Å². The minimum absolute atomic E-state index is 0.743. The van der Waals surface area contributed by atoms with Gasteiger partial charge in [-0.25, -0.2) is 0 Å². The predicted octanol–water partition coefficient (Wildman–Crippen LogP) is 2.30. The second-order valence-corrected chi connectivity index (χ2v) is 6.63. The van der Waals surface area contributed by atoms with Crippen LogP contribution >= 0.6 is 0 Å². The molecule has 1 fully saturated rings. The average Bonchev–Trinajstić information content (AvgIpc) is 2.47. The first-order valence-corrected chi connectivity index (χ1v) is 7.93. The van der Waals surface area contributed by atoms with Crippen molar-refractivity contribution < 1.29 is 0 Å². The Hall–Kier alpha value is -1.06. The smallest absolute Gasteiger partial charge is 0.0372 e. The summed E-state index contributed by atoms with van der Waals surface area (Å²) in [5, 5.41) is 3.60. The van der Waals surface area contributed by atoms with Crippen LogP contribution in [-0.2, 0) is 6.42 Å². The molecule has 0 aromatic heterocycles. The van der Waals surface area contributed by atoms with Crippen LogP contribution in [0.3, 0.4) is 0 Å². The van der Waals surface area contributed by atoms with Gasteiger partial charge in [0.05, 0.1) is 0 Å². The minimum Gasteiger partial charge on any atom is -0.384 e. The number of hydrogen-bond donors (Lipinski definition) is 1. The first-order chi connectivity index (χ1) is 9.72. The van der Waals surface area contributed by atoms with Gasteiger partial charge in [0.1, 0.15) is 0 Å². The molecule has 0 amide bonds. The van der Waals surface area contributed by atoms with E-state index in [0.717, 1.165) is 18.5 Å². The normalized spacial score (nSPS) is 27.1. The molecule has 1 N–H and O–H groups in total. The van der Waals surface area contributed by atoms with Crippen molar-refractivity contribution in [1.29, 1.82) is 0 Å². The summed E-state index contributed by atoms with van der Waals surface area (Å²) in [5.74, 6) is 0.755. The lowest BCUT2D eigenvalue weighted by atomic mass is 9.92. The molecule has 2 aliphatic rings. The Morgan fingerprint density at radius 1 is 1.30 bits per heavy atom. The van der Waals surface area contributed by atoms with Gasteiger partial charge in [0.15, 0.2) is 0 Å². The molecule has 0 saturated carbocycles. The van der Waals surface area contributed by atoms with Crippen LogP contribution in [0, 0.1) is 5.92 Å². The number of nitrogens with zero attached hydrogens (tertiary/aromatic N) is 2. The van der Waals surface area contributed by atoms with E-state index in [1.54, 1.807) is 0 Å². The topological polar surface area (TPSA) is 18.5 Å². The van der Waals surface area contributed by atoms with Crippen molar-refractivity contribution in [2.24, 2.45) is 5.92 Å². The van der Waals surface area contributed by atoms with Crippen LogP contribution in [0.4, 0.5) is 5.69 Å².